The van der Waals surface area contributed by atoms with Gasteiger partial charge in [0.2, 0.25) is 22.7 Å². The lowest BCUT2D eigenvalue weighted by atomic mass is 9.96. The zero-order chi connectivity index (χ0) is 23.0. The first-order valence-corrected chi connectivity index (χ1v) is 13.0. The molecule has 1 aromatic heterocycles. The van der Waals surface area contributed by atoms with Gasteiger partial charge in [0.15, 0.2) is 17.3 Å². The Labute approximate surface area is 193 Å². The number of anilines is 1. The van der Waals surface area contributed by atoms with Crippen LogP contribution in [0.3, 0.4) is 0 Å². The van der Waals surface area contributed by atoms with Crippen LogP contribution in [0, 0.1) is 5.92 Å². The highest BCUT2D eigenvalue weighted by Crippen LogP contribution is 2.35. The van der Waals surface area contributed by atoms with E-state index in [2.05, 4.69) is 15.1 Å². The van der Waals surface area contributed by atoms with Gasteiger partial charge in [0.05, 0.1) is 11.9 Å². The SMILES string of the molecule is CS(=O)(=O)N1CCC(C(=O)N2CCN(c3ccc(-c4ccc5c(c4)OCO5)nn3)CC2)CC1. The highest BCUT2D eigenvalue weighted by Gasteiger charge is 2.32. The molecule has 2 aromatic rings. The first-order valence-electron chi connectivity index (χ1n) is 11.1. The minimum absolute atomic E-state index is 0.102. The standard InChI is InChI=1S/C22H27N5O5S/c1-33(29,30)27-8-6-16(7-9-27)22(28)26-12-10-25(11-13-26)21-5-3-18(23-24-21)17-2-4-19-20(14-17)32-15-31-19/h2-5,14,16H,6-13,15H2,1H3. The van der Waals surface area contributed by atoms with Crippen molar-refractivity contribution in [3.8, 4) is 22.8 Å². The molecule has 0 aliphatic carbocycles. The Balaban J connectivity index is 1.16. The van der Waals surface area contributed by atoms with Gasteiger partial charge in [-0.3, -0.25) is 4.79 Å². The summed E-state index contributed by atoms with van der Waals surface area (Å²) in [6.07, 6.45) is 2.39. The van der Waals surface area contributed by atoms with Gasteiger partial charge >= 0.3 is 0 Å². The summed E-state index contributed by atoms with van der Waals surface area (Å²) in [5, 5.41) is 8.78. The molecule has 2 fully saturated rings. The van der Waals surface area contributed by atoms with E-state index in [1.165, 1.54) is 10.6 Å². The quantitative estimate of drug-likeness (QED) is 0.652. The second kappa shape index (κ2) is 8.79. The van der Waals surface area contributed by atoms with Gasteiger partial charge in [-0.2, -0.15) is 0 Å². The third-order valence-corrected chi connectivity index (χ3v) is 7.81. The number of benzene rings is 1. The summed E-state index contributed by atoms with van der Waals surface area (Å²) < 4.78 is 35.6. The lowest BCUT2D eigenvalue weighted by Gasteiger charge is -2.38. The van der Waals surface area contributed by atoms with Gasteiger partial charge < -0.3 is 19.3 Å². The van der Waals surface area contributed by atoms with Crippen molar-refractivity contribution in [2.75, 3.05) is 57.2 Å². The number of piperidine rings is 1. The number of nitrogens with zero attached hydrogens (tertiary/aromatic N) is 5. The number of carbonyl (C=O) groups is 1. The first kappa shape index (κ1) is 21.9. The molecule has 11 heteroatoms. The molecular formula is C22H27N5O5S. The second-order valence-corrected chi connectivity index (χ2v) is 10.6. The summed E-state index contributed by atoms with van der Waals surface area (Å²) in [6.45, 7) is 3.68. The van der Waals surface area contributed by atoms with Gasteiger partial charge in [-0.1, -0.05) is 0 Å². The van der Waals surface area contributed by atoms with E-state index in [9.17, 15) is 13.2 Å². The van der Waals surface area contributed by atoms with Crippen molar-refractivity contribution in [2.24, 2.45) is 5.92 Å². The summed E-state index contributed by atoms with van der Waals surface area (Å²) in [5.74, 6) is 2.26. The molecule has 10 nitrogen and oxygen atoms in total. The van der Waals surface area contributed by atoms with E-state index in [0.29, 0.717) is 57.9 Å². The number of carbonyl (C=O) groups excluding carboxylic acids is 1. The molecule has 176 valence electrons. The van der Waals surface area contributed by atoms with Gasteiger partial charge in [-0.25, -0.2) is 12.7 Å². The van der Waals surface area contributed by atoms with E-state index >= 15 is 0 Å². The molecule has 3 aliphatic rings. The Morgan fingerprint density at radius 1 is 0.939 bits per heavy atom. The van der Waals surface area contributed by atoms with Crippen molar-refractivity contribution in [1.29, 1.82) is 0 Å². The monoisotopic (exact) mass is 473 g/mol. The van der Waals surface area contributed by atoms with E-state index in [-0.39, 0.29) is 18.6 Å². The zero-order valence-corrected chi connectivity index (χ0v) is 19.3. The van der Waals surface area contributed by atoms with Crippen LogP contribution >= 0.6 is 0 Å². The van der Waals surface area contributed by atoms with Crippen LogP contribution in [0.25, 0.3) is 11.3 Å². The third-order valence-electron chi connectivity index (χ3n) is 6.51. The third kappa shape index (κ3) is 4.60. The van der Waals surface area contributed by atoms with E-state index in [4.69, 9.17) is 9.47 Å². The number of fused-ring (bicyclic) bond motifs is 1. The van der Waals surface area contributed by atoms with Crippen LogP contribution < -0.4 is 14.4 Å². The van der Waals surface area contributed by atoms with Crippen LogP contribution in [0.1, 0.15) is 12.8 Å². The maximum Gasteiger partial charge on any atom is 0.231 e. The molecule has 1 amide bonds. The molecule has 0 bridgehead atoms. The Kier molecular flexibility index (Phi) is 5.83. The molecule has 0 N–H and O–H groups in total. The summed E-state index contributed by atoms with van der Waals surface area (Å²) in [5.41, 5.74) is 1.67. The molecule has 0 spiro atoms. The second-order valence-electron chi connectivity index (χ2n) is 8.59. The van der Waals surface area contributed by atoms with E-state index in [1.54, 1.807) is 0 Å². The van der Waals surface area contributed by atoms with Crippen LogP contribution in [-0.2, 0) is 14.8 Å². The number of hydrogen-bond donors (Lipinski definition) is 0. The number of amides is 1. The average molecular weight is 474 g/mol. The number of piperazine rings is 1. The summed E-state index contributed by atoms with van der Waals surface area (Å²) in [7, 11) is -3.18. The zero-order valence-electron chi connectivity index (χ0n) is 18.5. The Morgan fingerprint density at radius 3 is 2.33 bits per heavy atom. The van der Waals surface area contributed by atoms with E-state index in [0.717, 1.165) is 22.8 Å². The number of rotatable bonds is 4. The predicted octanol–water partition coefficient (Wildman–Crippen LogP) is 1.19. The lowest BCUT2D eigenvalue weighted by Crippen LogP contribution is -2.52. The largest absolute Gasteiger partial charge is 0.454 e. The summed E-state index contributed by atoms with van der Waals surface area (Å²) in [6, 6.07) is 9.59. The molecule has 0 saturated carbocycles. The molecule has 5 rings (SSSR count). The normalized spacial score (nSPS) is 19.7. The molecule has 0 radical (unpaired) electrons. The fraction of sp³-hybridized carbons (Fsp3) is 0.500. The van der Waals surface area contributed by atoms with Gasteiger partial charge in [0, 0.05) is 50.7 Å². The maximum atomic E-state index is 12.9. The number of aromatic nitrogens is 2. The van der Waals surface area contributed by atoms with Crippen molar-refractivity contribution >= 4 is 21.7 Å². The Hall–Kier alpha value is -2.92. The fourth-order valence-electron chi connectivity index (χ4n) is 4.55. The molecule has 1 aromatic carbocycles. The van der Waals surface area contributed by atoms with Crippen molar-refractivity contribution in [3.05, 3.63) is 30.3 Å². The van der Waals surface area contributed by atoms with E-state index in [1.807, 2.05) is 35.2 Å². The highest BCUT2D eigenvalue weighted by molar-refractivity contribution is 7.88. The Morgan fingerprint density at radius 2 is 1.67 bits per heavy atom. The average Bonchev–Trinajstić information content (AvgIpc) is 3.31. The first-order chi connectivity index (χ1) is 15.9. The minimum atomic E-state index is -3.18. The number of ether oxygens (including phenoxy) is 2. The summed E-state index contributed by atoms with van der Waals surface area (Å²) in [4.78, 5) is 17.0. The number of sulfonamides is 1. The molecule has 3 aliphatic heterocycles. The maximum absolute atomic E-state index is 12.9. The van der Waals surface area contributed by atoms with Crippen molar-refractivity contribution in [2.45, 2.75) is 12.8 Å². The van der Waals surface area contributed by atoms with Crippen LogP contribution in [0.5, 0.6) is 11.5 Å². The van der Waals surface area contributed by atoms with Crippen molar-refractivity contribution < 1.29 is 22.7 Å². The highest BCUT2D eigenvalue weighted by atomic mass is 32.2. The van der Waals surface area contributed by atoms with Crippen LogP contribution in [0.4, 0.5) is 5.82 Å². The van der Waals surface area contributed by atoms with Crippen LogP contribution in [0.2, 0.25) is 0 Å². The van der Waals surface area contributed by atoms with Crippen molar-refractivity contribution in [1.82, 2.24) is 19.4 Å². The van der Waals surface area contributed by atoms with Gasteiger partial charge in [-0.05, 0) is 43.2 Å². The van der Waals surface area contributed by atoms with Gasteiger partial charge in [0.1, 0.15) is 0 Å². The number of hydrogen-bond acceptors (Lipinski definition) is 8. The summed E-state index contributed by atoms with van der Waals surface area (Å²) >= 11 is 0. The fourth-order valence-corrected chi connectivity index (χ4v) is 5.43. The topological polar surface area (TPSA) is 105 Å². The molecule has 0 unspecified atom stereocenters. The van der Waals surface area contributed by atoms with Crippen LogP contribution in [0.15, 0.2) is 30.3 Å². The lowest BCUT2D eigenvalue weighted by molar-refractivity contribution is -0.137. The minimum Gasteiger partial charge on any atom is -0.454 e. The van der Waals surface area contributed by atoms with E-state index < -0.39 is 10.0 Å². The molecular weight excluding hydrogens is 446 g/mol. The molecule has 4 heterocycles. The van der Waals surface area contributed by atoms with Gasteiger partial charge in [-0.15, -0.1) is 10.2 Å². The Bertz CT molecular complexity index is 1120. The van der Waals surface area contributed by atoms with Gasteiger partial charge in [0.25, 0.3) is 0 Å². The predicted molar refractivity (Wildman–Crippen MR) is 122 cm³/mol. The molecule has 2 saturated heterocycles. The van der Waals surface area contributed by atoms with Crippen molar-refractivity contribution in [3.63, 3.8) is 0 Å². The molecule has 33 heavy (non-hydrogen) atoms. The smallest absolute Gasteiger partial charge is 0.231 e. The van der Waals surface area contributed by atoms with Crippen LogP contribution in [-0.4, -0.2) is 86.0 Å². The molecule has 0 atom stereocenters.